The quantitative estimate of drug-likeness (QED) is 0.592. The number of halogens is 3. The molecule has 0 aliphatic heterocycles. The number of carbonyl (C=O) groups excluding carboxylic acids is 2. The number of hydrogen-bond acceptors (Lipinski definition) is 4. The van der Waals surface area contributed by atoms with E-state index in [4.69, 9.17) is 4.74 Å². The van der Waals surface area contributed by atoms with Gasteiger partial charge in [-0.1, -0.05) is 15.9 Å². The third-order valence-electron chi connectivity index (χ3n) is 2.16. The highest BCUT2D eigenvalue weighted by molar-refractivity contribution is 9.10. The van der Waals surface area contributed by atoms with Crippen molar-refractivity contribution in [1.29, 1.82) is 0 Å². The molecule has 0 heterocycles. The highest BCUT2D eigenvalue weighted by Gasteiger charge is 2.15. The van der Waals surface area contributed by atoms with Gasteiger partial charge in [0.1, 0.15) is 5.75 Å². The summed E-state index contributed by atoms with van der Waals surface area (Å²) in [5.74, 6) is -0.766. The summed E-state index contributed by atoms with van der Waals surface area (Å²) in [7, 11) is 0. The van der Waals surface area contributed by atoms with Crippen LogP contribution in [0.25, 0.3) is 0 Å². The molecule has 0 unspecified atom stereocenters. The van der Waals surface area contributed by atoms with E-state index in [0.29, 0.717) is 16.3 Å². The highest BCUT2D eigenvalue weighted by Crippen LogP contribution is 2.28. The zero-order valence-corrected chi connectivity index (χ0v) is 11.6. The van der Waals surface area contributed by atoms with E-state index >= 15 is 0 Å². The molecular formula is C12H11BrF2O4. The molecule has 0 bridgehead atoms. The molecule has 0 saturated carbocycles. The van der Waals surface area contributed by atoms with Crippen molar-refractivity contribution in [2.75, 3.05) is 6.61 Å². The molecule has 0 aliphatic carbocycles. The Morgan fingerprint density at radius 2 is 2.16 bits per heavy atom. The molecule has 4 nitrogen and oxygen atoms in total. The largest absolute Gasteiger partial charge is 0.466 e. The zero-order chi connectivity index (χ0) is 14.4. The molecule has 1 rings (SSSR count). The van der Waals surface area contributed by atoms with Crippen molar-refractivity contribution in [2.45, 2.75) is 20.0 Å². The Hall–Kier alpha value is -1.50. The van der Waals surface area contributed by atoms with E-state index in [-0.39, 0.29) is 24.3 Å². The fourth-order valence-electron chi connectivity index (χ4n) is 1.40. The molecule has 0 aromatic heterocycles. The Morgan fingerprint density at radius 3 is 2.68 bits per heavy atom. The first kappa shape index (κ1) is 15.6. The summed E-state index contributed by atoms with van der Waals surface area (Å²) in [6.07, 6.45) is 0.295. The number of rotatable bonds is 6. The van der Waals surface area contributed by atoms with Crippen LogP contribution in [0.4, 0.5) is 8.78 Å². The number of alkyl halides is 2. The number of hydrogen-bond donors (Lipinski definition) is 0. The first-order valence-electron chi connectivity index (χ1n) is 5.36. The monoisotopic (exact) mass is 336 g/mol. The number of esters is 1. The van der Waals surface area contributed by atoms with Gasteiger partial charge < -0.3 is 9.47 Å². The lowest BCUT2D eigenvalue weighted by Crippen LogP contribution is -2.10. The SMILES string of the molecule is CCOC(=O)Cc1cc(OC(F)F)c(C=O)cc1Br. The van der Waals surface area contributed by atoms with Crippen molar-refractivity contribution in [3.8, 4) is 5.75 Å². The van der Waals surface area contributed by atoms with E-state index in [1.807, 2.05) is 0 Å². The van der Waals surface area contributed by atoms with Crippen LogP contribution in [-0.2, 0) is 16.0 Å². The normalized spacial score (nSPS) is 10.4. The van der Waals surface area contributed by atoms with Gasteiger partial charge in [0.25, 0.3) is 0 Å². The van der Waals surface area contributed by atoms with Gasteiger partial charge in [-0.3, -0.25) is 9.59 Å². The predicted molar refractivity (Wildman–Crippen MR) is 66.5 cm³/mol. The van der Waals surface area contributed by atoms with Gasteiger partial charge in [0.05, 0.1) is 18.6 Å². The van der Waals surface area contributed by atoms with Gasteiger partial charge in [-0.2, -0.15) is 8.78 Å². The molecule has 0 N–H and O–H groups in total. The second-order valence-electron chi connectivity index (χ2n) is 3.46. The Morgan fingerprint density at radius 1 is 1.47 bits per heavy atom. The molecular weight excluding hydrogens is 326 g/mol. The van der Waals surface area contributed by atoms with Gasteiger partial charge in [-0.15, -0.1) is 0 Å². The standard InChI is InChI=1S/C12H11BrF2O4/c1-2-18-11(17)5-7-4-10(19-12(14)15)8(6-16)3-9(7)13/h3-4,6,12H,2,5H2,1H3. The highest BCUT2D eigenvalue weighted by atomic mass is 79.9. The van der Waals surface area contributed by atoms with E-state index in [9.17, 15) is 18.4 Å². The Bertz CT molecular complexity index is 477. The average Bonchev–Trinajstić information content (AvgIpc) is 2.32. The third kappa shape index (κ3) is 4.59. The molecule has 0 aliphatic rings. The molecule has 0 radical (unpaired) electrons. The van der Waals surface area contributed by atoms with Crippen LogP contribution in [-0.4, -0.2) is 25.5 Å². The number of aldehydes is 1. The van der Waals surface area contributed by atoms with Crippen LogP contribution in [0.3, 0.4) is 0 Å². The van der Waals surface area contributed by atoms with Crippen molar-refractivity contribution in [3.05, 3.63) is 27.7 Å². The minimum absolute atomic E-state index is 0.0280. The molecule has 0 spiro atoms. The lowest BCUT2D eigenvalue weighted by atomic mass is 10.1. The van der Waals surface area contributed by atoms with Crippen LogP contribution in [0.15, 0.2) is 16.6 Å². The second-order valence-corrected chi connectivity index (χ2v) is 4.31. The van der Waals surface area contributed by atoms with E-state index in [1.165, 1.54) is 12.1 Å². The van der Waals surface area contributed by atoms with Crippen molar-refractivity contribution >= 4 is 28.2 Å². The maximum Gasteiger partial charge on any atom is 0.387 e. The van der Waals surface area contributed by atoms with Gasteiger partial charge in [0.2, 0.25) is 0 Å². The van der Waals surface area contributed by atoms with Crippen molar-refractivity contribution < 1.29 is 27.8 Å². The molecule has 0 atom stereocenters. The molecule has 1 aromatic rings. The molecule has 7 heteroatoms. The summed E-state index contributed by atoms with van der Waals surface area (Å²) in [4.78, 5) is 22.1. The smallest absolute Gasteiger partial charge is 0.387 e. The van der Waals surface area contributed by atoms with E-state index in [1.54, 1.807) is 6.92 Å². The molecule has 0 saturated heterocycles. The zero-order valence-electron chi connectivity index (χ0n) is 9.99. The van der Waals surface area contributed by atoms with Gasteiger partial charge in [0.15, 0.2) is 6.29 Å². The summed E-state index contributed by atoms with van der Waals surface area (Å²) in [5.41, 5.74) is 0.375. The van der Waals surface area contributed by atoms with Crippen molar-refractivity contribution in [3.63, 3.8) is 0 Å². The number of carbonyl (C=O) groups is 2. The fourth-order valence-corrected chi connectivity index (χ4v) is 1.91. The molecule has 104 valence electrons. The summed E-state index contributed by atoms with van der Waals surface area (Å²) in [5, 5.41) is 0. The van der Waals surface area contributed by atoms with Gasteiger partial charge >= 0.3 is 12.6 Å². The minimum atomic E-state index is -3.05. The van der Waals surface area contributed by atoms with Crippen LogP contribution >= 0.6 is 15.9 Å². The van der Waals surface area contributed by atoms with Gasteiger partial charge in [-0.25, -0.2) is 0 Å². The molecule has 0 amide bonds. The fraction of sp³-hybridized carbons (Fsp3) is 0.333. The summed E-state index contributed by atoms with van der Waals surface area (Å²) < 4.78 is 33.9. The average molecular weight is 337 g/mol. The first-order valence-corrected chi connectivity index (χ1v) is 6.15. The molecule has 19 heavy (non-hydrogen) atoms. The predicted octanol–water partition coefficient (Wildman–Crippen LogP) is 2.97. The number of benzene rings is 1. The Balaban J connectivity index is 3.04. The van der Waals surface area contributed by atoms with E-state index < -0.39 is 12.6 Å². The third-order valence-corrected chi connectivity index (χ3v) is 2.90. The van der Waals surface area contributed by atoms with Crippen molar-refractivity contribution in [2.24, 2.45) is 0 Å². The summed E-state index contributed by atoms with van der Waals surface area (Å²) >= 11 is 3.16. The lowest BCUT2D eigenvalue weighted by molar-refractivity contribution is -0.142. The molecule has 1 aromatic carbocycles. The van der Waals surface area contributed by atoms with Gasteiger partial charge in [0, 0.05) is 4.47 Å². The van der Waals surface area contributed by atoms with Gasteiger partial charge in [-0.05, 0) is 24.6 Å². The Labute approximate surface area is 116 Å². The molecule has 0 fully saturated rings. The van der Waals surface area contributed by atoms with Crippen LogP contribution in [0.1, 0.15) is 22.8 Å². The van der Waals surface area contributed by atoms with E-state index in [2.05, 4.69) is 20.7 Å². The van der Waals surface area contributed by atoms with Crippen LogP contribution in [0.2, 0.25) is 0 Å². The topological polar surface area (TPSA) is 52.6 Å². The minimum Gasteiger partial charge on any atom is -0.466 e. The van der Waals surface area contributed by atoms with Crippen LogP contribution in [0, 0.1) is 0 Å². The van der Waals surface area contributed by atoms with Crippen LogP contribution in [0.5, 0.6) is 5.75 Å². The summed E-state index contributed by atoms with van der Waals surface area (Å²) in [6, 6.07) is 2.54. The second kappa shape index (κ2) is 7.18. The Kier molecular flexibility index (Phi) is 5.88. The van der Waals surface area contributed by atoms with Crippen LogP contribution < -0.4 is 4.74 Å². The maximum atomic E-state index is 12.2. The lowest BCUT2D eigenvalue weighted by Gasteiger charge is -2.11. The maximum absolute atomic E-state index is 12.2. The van der Waals surface area contributed by atoms with Crippen molar-refractivity contribution in [1.82, 2.24) is 0 Å². The summed E-state index contributed by atoms with van der Waals surface area (Å²) in [6.45, 7) is -1.16. The van der Waals surface area contributed by atoms with E-state index in [0.717, 1.165) is 0 Å². The number of ether oxygens (including phenoxy) is 2. The first-order chi connectivity index (χ1) is 8.97.